The molecule has 0 aromatic heterocycles. The first-order valence-corrected chi connectivity index (χ1v) is 7.98. The summed E-state index contributed by atoms with van der Waals surface area (Å²) in [5.41, 5.74) is 0. The average Bonchev–Trinajstić information content (AvgIpc) is 2.14. The summed E-state index contributed by atoms with van der Waals surface area (Å²) in [4.78, 5) is 0. The Labute approximate surface area is 96.5 Å². The van der Waals surface area contributed by atoms with E-state index in [4.69, 9.17) is 11.6 Å². The SMILES string of the molecule is C=C(SCCCC)[Se]CC(O)CCl. The van der Waals surface area contributed by atoms with Gasteiger partial charge in [0.05, 0.1) is 0 Å². The maximum absolute atomic E-state index is 9.21. The van der Waals surface area contributed by atoms with Gasteiger partial charge in [-0.1, -0.05) is 0 Å². The maximum atomic E-state index is 9.21. The fourth-order valence-corrected chi connectivity index (χ4v) is 4.20. The van der Waals surface area contributed by atoms with E-state index in [2.05, 4.69) is 13.5 Å². The molecule has 1 nitrogen and oxygen atoms in total. The Hall–Kier alpha value is 0.859. The van der Waals surface area contributed by atoms with E-state index in [1.807, 2.05) is 11.8 Å². The van der Waals surface area contributed by atoms with Crippen molar-refractivity contribution in [3.63, 3.8) is 0 Å². The number of aliphatic hydroxyl groups excluding tert-OH is 1. The zero-order valence-electron chi connectivity index (χ0n) is 7.96. The summed E-state index contributed by atoms with van der Waals surface area (Å²) in [5.74, 6) is 1.50. The molecule has 0 saturated heterocycles. The zero-order valence-corrected chi connectivity index (χ0v) is 11.2. The number of unbranched alkanes of at least 4 members (excludes halogenated alkanes) is 1. The fraction of sp³-hybridized carbons (Fsp3) is 0.778. The molecule has 0 aliphatic heterocycles. The van der Waals surface area contributed by atoms with Gasteiger partial charge < -0.3 is 0 Å². The van der Waals surface area contributed by atoms with Gasteiger partial charge in [-0.15, -0.1) is 0 Å². The van der Waals surface area contributed by atoms with Gasteiger partial charge in [-0.05, 0) is 0 Å². The minimum atomic E-state index is -0.342. The molecule has 78 valence electrons. The molecule has 1 atom stereocenters. The Morgan fingerprint density at radius 2 is 2.38 bits per heavy atom. The van der Waals surface area contributed by atoms with Crippen LogP contribution in [-0.4, -0.2) is 37.8 Å². The summed E-state index contributed by atoms with van der Waals surface area (Å²) in [6, 6.07) is 0. The number of halogens is 1. The van der Waals surface area contributed by atoms with Crippen molar-refractivity contribution in [3.8, 4) is 0 Å². The van der Waals surface area contributed by atoms with Gasteiger partial charge in [-0.2, -0.15) is 0 Å². The number of hydrogen-bond donors (Lipinski definition) is 1. The normalized spacial score (nSPS) is 12.8. The molecule has 0 aromatic rings. The molecular weight excluding hydrogens is 271 g/mol. The van der Waals surface area contributed by atoms with Crippen LogP contribution in [0.1, 0.15) is 19.8 Å². The predicted octanol–water partition coefficient (Wildman–Crippen LogP) is 2.71. The van der Waals surface area contributed by atoms with Crippen molar-refractivity contribution in [1.29, 1.82) is 0 Å². The predicted molar refractivity (Wildman–Crippen MR) is 63.8 cm³/mol. The third-order valence-electron chi connectivity index (χ3n) is 1.38. The van der Waals surface area contributed by atoms with Crippen LogP contribution in [0.3, 0.4) is 0 Å². The van der Waals surface area contributed by atoms with Gasteiger partial charge in [0.15, 0.2) is 0 Å². The molecule has 4 heteroatoms. The molecule has 1 unspecified atom stereocenters. The number of alkyl halides is 1. The van der Waals surface area contributed by atoms with Crippen molar-refractivity contribution in [2.45, 2.75) is 31.2 Å². The van der Waals surface area contributed by atoms with E-state index in [1.165, 1.54) is 16.6 Å². The van der Waals surface area contributed by atoms with Crippen molar-refractivity contribution >= 4 is 38.3 Å². The van der Waals surface area contributed by atoms with Crippen LogP contribution in [0, 0.1) is 0 Å². The minimum absolute atomic E-state index is 0.340. The Morgan fingerprint density at radius 3 is 2.92 bits per heavy atom. The average molecular weight is 288 g/mol. The van der Waals surface area contributed by atoms with Gasteiger partial charge in [0.1, 0.15) is 0 Å². The Balaban J connectivity index is 3.30. The molecule has 0 aromatic carbocycles. The van der Waals surface area contributed by atoms with Crippen molar-refractivity contribution in [3.05, 3.63) is 10.4 Å². The molecule has 0 radical (unpaired) electrons. The molecule has 0 saturated carbocycles. The Morgan fingerprint density at radius 1 is 1.69 bits per heavy atom. The summed E-state index contributed by atoms with van der Waals surface area (Å²) in [5, 5.41) is 10.0. The van der Waals surface area contributed by atoms with Crippen LogP contribution in [0.25, 0.3) is 0 Å². The van der Waals surface area contributed by atoms with Crippen LogP contribution in [0.5, 0.6) is 0 Å². The van der Waals surface area contributed by atoms with Gasteiger partial charge in [0.2, 0.25) is 0 Å². The fourth-order valence-electron chi connectivity index (χ4n) is 0.606. The van der Waals surface area contributed by atoms with E-state index < -0.39 is 0 Å². The molecule has 0 heterocycles. The monoisotopic (exact) mass is 288 g/mol. The van der Waals surface area contributed by atoms with Gasteiger partial charge in [0, 0.05) is 0 Å². The van der Waals surface area contributed by atoms with E-state index in [9.17, 15) is 5.11 Å². The molecule has 0 rings (SSSR count). The van der Waals surface area contributed by atoms with Gasteiger partial charge in [-0.3, -0.25) is 0 Å². The second-order valence-electron chi connectivity index (χ2n) is 2.69. The van der Waals surface area contributed by atoms with Crippen LogP contribution in [0.15, 0.2) is 10.4 Å². The van der Waals surface area contributed by atoms with Gasteiger partial charge in [0.25, 0.3) is 0 Å². The number of thioether (sulfide) groups is 1. The first kappa shape index (κ1) is 13.9. The van der Waals surface area contributed by atoms with E-state index in [0.29, 0.717) is 20.8 Å². The molecule has 0 amide bonds. The summed E-state index contributed by atoms with van der Waals surface area (Å²) in [6.07, 6.45) is 2.14. The van der Waals surface area contributed by atoms with Gasteiger partial charge >= 0.3 is 96.6 Å². The number of aliphatic hydroxyl groups is 1. The van der Waals surface area contributed by atoms with E-state index in [1.54, 1.807) is 0 Å². The summed E-state index contributed by atoms with van der Waals surface area (Å²) >= 11 is 7.66. The van der Waals surface area contributed by atoms with E-state index in [-0.39, 0.29) is 6.10 Å². The molecule has 0 spiro atoms. The van der Waals surface area contributed by atoms with E-state index >= 15 is 0 Å². The van der Waals surface area contributed by atoms with Crippen molar-refractivity contribution < 1.29 is 5.11 Å². The summed E-state index contributed by atoms with van der Waals surface area (Å²) < 4.78 is 1.23. The van der Waals surface area contributed by atoms with Crippen molar-refractivity contribution in [2.75, 3.05) is 11.6 Å². The quantitative estimate of drug-likeness (QED) is 0.421. The zero-order chi connectivity index (χ0) is 10.1. The number of hydrogen-bond acceptors (Lipinski definition) is 2. The van der Waals surface area contributed by atoms with Gasteiger partial charge in [-0.25, -0.2) is 0 Å². The summed E-state index contributed by atoms with van der Waals surface area (Å²) in [6.45, 7) is 6.16. The molecule has 0 aliphatic carbocycles. The van der Waals surface area contributed by atoms with Crippen molar-refractivity contribution in [2.24, 2.45) is 0 Å². The molecule has 0 bridgehead atoms. The van der Waals surface area contributed by atoms with Crippen LogP contribution < -0.4 is 0 Å². The van der Waals surface area contributed by atoms with E-state index in [0.717, 1.165) is 11.1 Å². The Kier molecular flexibility index (Phi) is 10.0. The second kappa shape index (κ2) is 9.42. The third kappa shape index (κ3) is 9.17. The third-order valence-corrected chi connectivity index (χ3v) is 5.73. The standard InChI is InChI=1S/C9H17ClOSSe/c1-3-4-5-12-8(2)13-7-9(11)6-10/h9,11H,2-7H2,1H3. The van der Waals surface area contributed by atoms with Crippen LogP contribution in [-0.2, 0) is 0 Å². The van der Waals surface area contributed by atoms with Crippen LogP contribution in [0.4, 0.5) is 0 Å². The Bertz CT molecular complexity index is 144. The van der Waals surface area contributed by atoms with Crippen LogP contribution >= 0.6 is 23.4 Å². The summed E-state index contributed by atoms with van der Waals surface area (Å²) in [7, 11) is 0. The molecule has 1 N–H and O–H groups in total. The first-order valence-electron chi connectivity index (χ1n) is 4.39. The molecule has 13 heavy (non-hydrogen) atoms. The molecule has 0 fully saturated rings. The first-order chi connectivity index (χ1) is 6.20. The van der Waals surface area contributed by atoms with Crippen molar-refractivity contribution in [1.82, 2.24) is 0 Å². The molecular formula is C9H17ClOSSe. The topological polar surface area (TPSA) is 20.2 Å². The number of rotatable bonds is 8. The van der Waals surface area contributed by atoms with Crippen LogP contribution in [0.2, 0.25) is 5.32 Å². The molecule has 0 aliphatic rings. The second-order valence-corrected chi connectivity index (χ2v) is 7.11.